The van der Waals surface area contributed by atoms with E-state index in [-0.39, 0.29) is 25.7 Å². The minimum Gasteiger partial charge on any atom is -0.481 e. The largest absolute Gasteiger partial charge is 0.489 e. The van der Waals surface area contributed by atoms with Gasteiger partial charge in [0, 0.05) is 25.7 Å². The van der Waals surface area contributed by atoms with Crippen molar-refractivity contribution in [3.05, 3.63) is 369 Å². The molecule has 3 N–H and O–H groups in total. The highest BCUT2D eigenvalue weighted by molar-refractivity contribution is 6.62. The number of rotatable bonds is 10. The van der Waals surface area contributed by atoms with E-state index in [0.717, 1.165) is 22.6 Å². The molecule has 2 amide bonds. The zero-order valence-corrected chi connectivity index (χ0v) is 65.6. The maximum absolute atomic E-state index is 12.0. The van der Waals surface area contributed by atoms with Gasteiger partial charge in [0.1, 0.15) is 0 Å². The molecule has 0 atom stereocenters. The molecule has 0 unspecified atom stereocenters. The molecule has 1 heterocycles. The van der Waals surface area contributed by atoms with Gasteiger partial charge < -0.3 is 20.0 Å². The number of hydroxylamine groups is 2. The summed E-state index contributed by atoms with van der Waals surface area (Å²) in [6.07, 6.45) is 3.37. The van der Waals surface area contributed by atoms with Crippen LogP contribution in [0.1, 0.15) is 49.7 Å². The molecule has 0 radical (unpaired) electrons. The zero-order chi connectivity index (χ0) is 81.1. The van der Waals surface area contributed by atoms with Crippen molar-refractivity contribution in [3.63, 3.8) is 0 Å². The van der Waals surface area contributed by atoms with E-state index in [9.17, 15) is 29.2 Å². The zero-order valence-electron chi connectivity index (χ0n) is 65.6. The Kier molecular flexibility index (Phi) is 19.4. The summed E-state index contributed by atoms with van der Waals surface area (Å²) < 4.78 is 0. The van der Waals surface area contributed by atoms with Gasteiger partial charge in [0.15, 0.2) is 0 Å². The second-order valence-corrected chi connectivity index (χ2v) is 31.4. The summed E-state index contributed by atoms with van der Waals surface area (Å²) in [5.74, 6) is -2.17. The number of aliphatic carboxylic acids is 1. The number of carbonyl (C=O) groups is 4. The molecule has 24 aromatic carbocycles. The Bertz CT molecular complexity index is 7610. The molecule has 1 fully saturated rings. The van der Waals surface area contributed by atoms with Crippen molar-refractivity contribution in [3.8, 4) is 0 Å². The Hall–Kier alpha value is -14.7. The van der Waals surface area contributed by atoms with E-state index in [1.54, 1.807) is 6.07 Å². The summed E-state index contributed by atoms with van der Waals surface area (Å²) >= 11 is 0. The number of imide groups is 1. The first-order valence-electron chi connectivity index (χ1n) is 41.1. The second kappa shape index (κ2) is 31.4. The van der Waals surface area contributed by atoms with Crippen molar-refractivity contribution in [2.45, 2.75) is 51.4 Å². The quantitative estimate of drug-likeness (QED) is 0.0532. The van der Waals surface area contributed by atoms with Crippen LogP contribution in [-0.4, -0.2) is 51.1 Å². The fourth-order valence-electron chi connectivity index (χ4n) is 18.8. The number of carboxylic acid groups (broad SMARTS) is 1. The topological polar surface area (TPSA) is 141 Å². The number of carboxylic acids is 1. The third kappa shape index (κ3) is 13.7. The van der Waals surface area contributed by atoms with E-state index >= 15 is 0 Å². The number of nitrogens with zero attached hydrogens (tertiary/aromatic N) is 1. The normalized spacial score (nSPS) is 12.3. The molecule has 9 nitrogen and oxygen atoms in total. The predicted octanol–water partition coefficient (Wildman–Crippen LogP) is 26.1. The minimum absolute atomic E-state index is 0.106. The van der Waals surface area contributed by atoms with Crippen molar-refractivity contribution >= 4 is 230 Å². The second-order valence-electron chi connectivity index (χ2n) is 31.4. The minimum atomic E-state index is -1.44. The van der Waals surface area contributed by atoms with Gasteiger partial charge in [0.25, 0.3) is 11.8 Å². The Balaban J connectivity index is 0.0000000933. The highest BCUT2D eigenvalue weighted by Crippen LogP contribution is 2.43. The molecule has 0 saturated carbocycles. The lowest BCUT2D eigenvalue weighted by Gasteiger charge is -2.14. The number of fused-ring (bicyclic) bond motifs is 4. The van der Waals surface area contributed by atoms with Crippen LogP contribution < -0.4 is 5.46 Å². The molecule has 24 aromatic rings. The van der Waals surface area contributed by atoms with E-state index in [2.05, 4.69) is 328 Å². The number of hydrogen-bond donors (Lipinski definition) is 3. The first-order valence-corrected chi connectivity index (χ1v) is 41.1. The van der Waals surface area contributed by atoms with Crippen LogP contribution in [0, 0.1) is 0 Å². The molecule has 0 aromatic heterocycles. The third-order valence-corrected chi connectivity index (χ3v) is 24.3. The summed E-state index contributed by atoms with van der Waals surface area (Å²) in [4.78, 5) is 50.8. The first kappa shape index (κ1) is 74.2. The van der Waals surface area contributed by atoms with E-state index in [4.69, 9.17) is 9.94 Å². The van der Waals surface area contributed by atoms with Crippen molar-refractivity contribution in [2.75, 3.05) is 0 Å². The summed E-state index contributed by atoms with van der Waals surface area (Å²) in [7, 11) is -1.44. The number of benzene rings is 24. The third-order valence-electron chi connectivity index (χ3n) is 24.3. The summed E-state index contributed by atoms with van der Waals surface area (Å²) in [5, 5.41) is 74.5. The van der Waals surface area contributed by atoms with E-state index in [0.29, 0.717) is 29.8 Å². The van der Waals surface area contributed by atoms with Crippen molar-refractivity contribution in [2.24, 2.45) is 0 Å². The van der Waals surface area contributed by atoms with Gasteiger partial charge in [0.05, 0.1) is 0 Å². The smallest absolute Gasteiger partial charge is 0.481 e. The van der Waals surface area contributed by atoms with Crippen LogP contribution in [-0.2, 0) is 36.9 Å². The molecule has 1 saturated heterocycles. The standard InChI is InChI=1S/C24H19NO4.C20H16O2.C20H12.C16H11BO2.C16H10.C14H10/c26-20-13-14-21(27)25(20)29-22(28)6-2-3-15-7-8-18-10-9-16-4-1-5-17-11-12-19(15)24(18)23(16)17;21-18(22)6-2-3-13-7-8-16-10-9-14-4-1-5-15-11-12-17(13)20(16)19(14)15;1-5-13-6-2-11-17-18-12-4-8-14-7-3-10-16(20(14)18)15(9-1)19(13)17;18-17(19)14-9-7-12-5-4-10-2-1-3-11-6-8-13(14)16(12)15(10)11;1-3-11-7-9-13-5-2-6-14-10-8-12(4-1)15(11)16(13)14;1-2-6-12-10-14-8-4-3-7-13(14)9-11(12)5-1/h1,4-5,7-12H,2-3,6,13-14H2;1,4-5,7-12H,2-3,6H2,(H,21,22);1-12H;1-9,18-19H;1-10H;1-10H. The SMILES string of the molecule is O=C(CCCc1ccc2ccc3cccc4ccc1c2c34)ON1C(=O)CCC1=O.O=C(O)CCCc1ccc2ccc3cccc4ccc1c2c34.OB(O)c1ccc2ccc3cccc4ccc1c2c34.c1cc2ccc3cccc4ccc(c1)c2c34.c1cc2cccc3c4cccc5cccc(c(c1)c23)c54.c1ccc2cc3ccccc3cc2c1. The Morgan fingerprint density at radius 3 is 0.842 bits per heavy atom. The predicted molar refractivity (Wildman–Crippen MR) is 500 cm³/mol. The summed E-state index contributed by atoms with van der Waals surface area (Å²) in [5.41, 5.74) is 2.98. The van der Waals surface area contributed by atoms with Gasteiger partial charge in [-0.05, 0) is 248 Å². The van der Waals surface area contributed by atoms with Crippen LogP contribution in [0.4, 0.5) is 0 Å². The highest BCUT2D eigenvalue weighted by atomic mass is 16.7. The molecular weight excluding hydrogens is 1470 g/mol. The molecule has 0 bridgehead atoms. The van der Waals surface area contributed by atoms with Gasteiger partial charge in [-0.25, -0.2) is 4.79 Å². The van der Waals surface area contributed by atoms with E-state index in [1.165, 1.54) is 189 Å². The van der Waals surface area contributed by atoms with E-state index in [1.807, 2.05) is 24.3 Å². The van der Waals surface area contributed by atoms with Gasteiger partial charge in [-0.3, -0.25) is 14.4 Å². The highest BCUT2D eigenvalue weighted by Gasteiger charge is 2.33. The Morgan fingerprint density at radius 1 is 0.267 bits per heavy atom. The van der Waals surface area contributed by atoms with Crippen LogP contribution in [0.15, 0.2) is 358 Å². The molecule has 0 aliphatic carbocycles. The Labute approximate surface area is 690 Å². The lowest BCUT2D eigenvalue weighted by Crippen LogP contribution is -2.31. The average Bonchev–Trinajstić information content (AvgIpc) is 1.16. The number of aryl methyl sites for hydroxylation is 2. The molecule has 120 heavy (non-hydrogen) atoms. The van der Waals surface area contributed by atoms with Crippen LogP contribution in [0.3, 0.4) is 0 Å². The first-order chi connectivity index (χ1) is 58.9. The number of carbonyl (C=O) groups excluding carboxylic acids is 3. The van der Waals surface area contributed by atoms with Gasteiger partial charge in [-0.15, -0.1) is 5.06 Å². The lowest BCUT2D eigenvalue weighted by molar-refractivity contribution is -0.197. The monoisotopic (exact) mass is 1550 g/mol. The van der Waals surface area contributed by atoms with Crippen LogP contribution in [0.25, 0.3) is 194 Å². The van der Waals surface area contributed by atoms with Crippen molar-refractivity contribution < 1.29 is 39.2 Å². The fourth-order valence-corrected chi connectivity index (χ4v) is 18.8. The summed E-state index contributed by atoms with van der Waals surface area (Å²) in [6.45, 7) is 0. The van der Waals surface area contributed by atoms with Gasteiger partial charge in [0.2, 0.25) is 0 Å². The molecule has 1 aliphatic rings. The van der Waals surface area contributed by atoms with Crippen molar-refractivity contribution in [1.29, 1.82) is 0 Å². The lowest BCUT2D eigenvalue weighted by atomic mass is 9.75. The van der Waals surface area contributed by atoms with Crippen molar-refractivity contribution in [1.82, 2.24) is 5.06 Å². The maximum Gasteiger partial charge on any atom is 0.489 e. The van der Waals surface area contributed by atoms with Crippen LogP contribution in [0.5, 0.6) is 0 Å². The number of amides is 2. The van der Waals surface area contributed by atoms with E-state index < -0.39 is 30.9 Å². The van der Waals surface area contributed by atoms with Gasteiger partial charge >= 0.3 is 19.1 Å². The summed E-state index contributed by atoms with van der Waals surface area (Å²) in [6, 6.07) is 126. The van der Waals surface area contributed by atoms with Crippen LogP contribution in [0.2, 0.25) is 0 Å². The molecule has 10 heteroatoms. The molecule has 25 rings (SSSR count). The average molecular weight is 1550 g/mol. The Morgan fingerprint density at radius 2 is 0.517 bits per heavy atom. The van der Waals surface area contributed by atoms with Gasteiger partial charge in [-0.1, -0.05) is 346 Å². The van der Waals surface area contributed by atoms with Crippen LogP contribution >= 0.6 is 0 Å². The molecule has 574 valence electrons. The van der Waals surface area contributed by atoms with Gasteiger partial charge in [-0.2, -0.15) is 0 Å². The molecular formula is C110H78BNO8. The fraction of sp³-hybridized carbons (Fsp3) is 0.0727. The number of hydrogen-bond acceptors (Lipinski definition) is 7. The maximum atomic E-state index is 12.0. The molecule has 0 spiro atoms. The molecule has 1 aliphatic heterocycles.